The molecule has 5 nitrogen and oxygen atoms in total. The van der Waals surface area contributed by atoms with Crippen LogP contribution in [0.4, 0.5) is 4.79 Å². The number of alkyl carbamates (subject to hydrolysis) is 1. The number of hydrogen-bond donors (Lipinski definition) is 1. The molecule has 1 unspecified atom stereocenters. The van der Waals surface area contributed by atoms with Crippen molar-refractivity contribution in [3.05, 3.63) is 15.7 Å². The van der Waals surface area contributed by atoms with Crippen LogP contribution < -0.4 is 5.32 Å². The van der Waals surface area contributed by atoms with E-state index < -0.39 is 5.60 Å². The van der Waals surface area contributed by atoms with Crippen LogP contribution in [0.2, 0.25) is 0 Å². The van der Waals surface area contributed by atoms with Gasteiger partial charge in [0.15, 0.2) is 0 Å². The molecule has 0 saturated carbocycles. The first-order chi connectivity index (χ1) is 8.35. The van der Waals surface area contributed by atoms with E-state index >= 15 is 0 Å². The standard InChI is InChI=1S/C12H18IN3O2/c1-12(2,3)18-11(17)15-8-4-5-16-9(13)7-14-10(16)6-8/h7-8H,4-6H2,1-3H3,(H,15,17). The molecular formula is C12H18IN3O2. The van der Waals surface area contributed by atoms with Crippen LogP contribution in [0.3, 0.4) is 0 Å². The van der Waals surface area contributed by atoms with E-state index in [1.165, 1.54) is 0 Å². The summed E-state index contributed by atoms with van der Waals surface area (Å²) in [5.74, 6) is 1.03. The smallest absolute Gasteiger partial charge is 0.407 e. The van der Waals surface area contributed by atoms with Gasteiger partial charge in [0.1, 0.15) is 11.4 Å². The summed E-state index contributed by atoms with van der Waals surface area (Å²) >= 11 is 2.28. The molecule has 0 aliphatic carbocycles. The van der Waals surface area contributed by atoms with Gasteiger partial charge in [-0.3, -0.25) is 0 Å². The highest BCUT2D eigenvalue weighted by molar-refractivity contribution is 14.1. The lowest BCUT2D eigenvalue weighted by Crippen LogP contribution is -2.43. The van der Waals surface area contributed by atoms with Crippen molar-refractivity contribution >= 4 is 28.7 Å². The molecule has 0 fully saturated rings. The van der Waals surface area contributed by atoms with E-state index in [-0.39, 0.29) is 12.1 Å². The number of nitrogens with zero attached hydrogens (tertiary/aromatic N) is 2. The van der Waals surface area contributed by atoms with Crippen LogP contribution in [0.15, 0.2) is 6.20 Å². The molecule has 0 spiro atoms. The van der Waals surface area contributed by atoms with Gasteiger partial charge in [-0.15, -0.1) is 0 Å². The third kappa shape index (κ3) is 3.37. The summed E-state index contributed by atoms with van der Waals surface area (Å²) in [5, 5.41) is 2.91. The van der Waals surface area contributed by atoms with Gasteiger partial charge < -0.3 is 14.6 Å². The maximum absolute atomic E-state index is 11.7. The highest BCUT2D eigenvalue weighted by Crippen LogP contribution is 2.18. The zero-order valence-electron chi connectivity index (χ0n) is 10.9. The third-order valence-electron chi connectivity index (χ3n) is 2.74. The van der Waals surface area contributed by atoms with Gasteiger partial charge in [0.05, 0.1) is 9.90 Å². The third-order valence-corrected chi connectivity index (χ3v) is 3.60. The minimum atomic E-state index is -0.452. The van der Waals surface area contributed by atoms with Crippen molar-refractivity contribution in [3.8, 4) is 0 Å². The number of hydrogen-bond acceptors (Lipinski definition) is 3. The lowest BCUT2D eigenvalue weighted by atomic mass is 10.1. The van der Waals surface area contributed by atoms with Crippen molar-refractivity contribution < 1.29 is 9.53 Å². The maximum Gasteiger partial charge on any atom is 0.407 e. The van der Waals surface area contributed by atoms with Crippen molar-refractivity contribution in [1.29, 1.82) is 0 Å². The topological polar surface area (TPSA) is 56.1 Å². The van der Waals surface area contributed by atoms with Crippen molar-refractivity contribution in [2.45, 2.75) is 51.8 Å². The fourth-order valence-corrected chi connectivity index (χ4v) is 2.65. The Balaban J connectivity index is 1.92. The molecule has 1 aromatic heterocycles. The van der Waals surface area contributed by atoms with Crippen LogP contribution in [-0.2, 0) is 17.7 Å². The average molecular weight is 363 g/mol. The van der Waals surface area contributed by atoms with Crippen LogP contribution in [-0.4, -0.2) is 27.3 Å². The van der Waals surface area contributed by atoms with Crippen molar-refractivity contribution in [1.82, 2.24) is 14.9 Å². The van der Waals surface area contributed by atoms with E-state index in [1.54, 1.807) is 0 Å². The van der Waals surface area contributed by atoms with Gasteiger partial charge in [-0.2, -0.15) is 0 Å². The number of imidazole rings is 1. The second-order valence-electron chi connectivity index (χ2n) is 5.48. The predicted octanol–water partition coefficient (Wildman–Crippen LogP) is 2.33. The summed E-state index contributed by atoms with van der Waals surface area (Å²) in [6.07, 6.45) is 3.20. The van der Waals surface area contributed by atoms with Gasteiger partial charge in [-0.05, 0) is 49.8 Å². The Morgan fingerprint density at radius 2 is 2.33 bits per heavy atom. The van der Waals surface area contributed by atoms with Gasteiger partial charge >= 0.3 is 6.09 Å². The van der Waals surface area contributed by atoms with Gasteiger partial charge in [-0.25, -0.2) is 9.78 Å². The van der Waals surface area contributed by atoms with Crippen molar-refractivity contribution in [2.75, 3.05) is 0 Å². The molecule has 2 heterocycles. The number of nitrogens with one attached hydrogen (secondary N) is 1. The molecule has 1 N–H and O–H groups in total. The average Bonchev–Trinajstić information content (AvgIpc) is 2.57. The Hall–Kier alpha value is -0.790. The zero-order valence-corrected chi connectivity index (χ0v) is 13.0. The van der Waals surface area contributed by atoms with Gasteiger partial charge in [0.2, 0.25) is 0 Å². The van der Waals surface area contributed by atoms with Crippen LogP contribution in [0.1, 0.15) is 33.0 Å². The van der Waals surface area contributed by atoms with Gasteiger partial charge in [0.25, 0.3) is 0 Å². The Labute approximate surface area is 120 Å². The summed E-state index contributed by atoms with van der Waals surface area (Å²) in [5.41, 5.74) is -0.452. The highest BCUT2D eigenvalue weighted by Gasteiger charge is 2.24. The molecule has 1 aliphatic heterocycles. The maximum atomic E-state index is 11.7. The number of carbonyl (C=O) groups is 1. The largest absolute Gasteiger partial charge is 0.444 e. The van der Waals surface area contributed by atoms with E-state index in [0.717, 1.165) is 28.9 Å². The van der Waals surface area contributed by atoms with Crippen LogP contribution in [0.25, 0.3) is 0 Å². The fraction of sp³-hybridized carbons (Fsp3) is 0.667. The summed E-state index contributed by atoms with van der Waals surface area (Å²) in [7, 11) is 0. The minimum Gasteiger partial charge on any atom is -0.444 e. The molecule has 1 amide bonds. The van der Waals surface area contributed by atoms with Gasteiger partial charge in [0, 0.05) is 19.0 Å². The second-order valence-corrected chi connectivity index (χ2v) is 6.59. The molecule has 0 saturated heterocycles. The SMILES string of the molecule is CC(C)(C)OC(=O)NC1CCn2c(I)cnc2C1. The highest BCUT2D eigenvalue weighted by atomic mass is 127. The molecule has 0 radical (unpaired) electrons. The number of fused-ring (bicyclic) bond motifs is 1. The molecule has 100 valence electrons. The Morgan fingerprint density at radius 1 is 1.61 bits per heavy atom. The van der Waals surface area contributed by atoms with E-state index in [9.17, 15) is 4.79 Å². The lowest BCUT2D eigenvalue weighted by molar-refractivity contribution is 0.0496. The first kappa shape index (κ1) is 13.6. The fourth-order valence-electron chi connectivity index (χ4n) is 1.99. The monoisotopic (exact) mass is 363 g/mol. The Morgan fingerprint density at radius 3 is 3.00 bits per heavy atom. The Bertz CT molecular complexity index is 451. The first-order valence-corrected chi connectivity index (χ1v) is 7.12. The second kappa shape index (κ2) is 5.07. The van der Waals surface area contributed by atoms with Crippen molar-refractivity contribution in [2.24, 2.45) is 0 Å². The number of rotatable bonds is 1. The predicted molar refractivity (Wildman–Crippen MR) is 76.4 cm³/mol. The van der Waals surface area contributed by atoms with E-state index in [1.807, 2.05) is 27.0 Å². The first-order valence-electron chi connectivity index (χ1n) is 6.04. The normalized spacial score (nSPS) is 19.2. The van der Waals surface area contributed by atoms with Crippen LogP contribution >= 0.6 is 22.6 Å². The van der Waals surface area contributed by atoms with Gasteiger partial charge in [-0.1, -0.05) is 0 Å². The molecule has 6 heteroatoms. The molecule has 0 aromatic carbocycles. The van der Waals surface area contributed by atoms with E-state index in [0.29, 0.717) is 0 Å². The van der Waals surface area contributed by atoms with E-state index in [2.05, 4.69) is 37.5 Å². The molecule has 2 rings (SSSR count). The number of halogens is 1. The Kier molecular flexibility index (Phi) is 3.84. The summed E-state index contributed by atoms with van der Waals surface area (Å²) in [6, 6.07) is 0.116. The molecular weight excluding hydrogens is 345 g/mol. The molecule has 1 aliphatic rings. The number of ether oxygens (including phenoxy) is 1. The van der Waals surface area contributed by atoms with Crippen LogP contribution in [0.5, 0.6) is 0 Å². The van der Waals surface area contributed by atoms with Crippen molar-refractivity contribution in [3.63, 3.8) is 0 Å². The van der Waals surface area contributed by atoms with Crippen LogP contribution in [0, 0.1) is 3.70 Å². The summed E-state index contributed by atoms with van der Waals surface area (Å²) < 4.78 is 8.59. The zero-order chi connectivity index (χ0) is 13.3. The molecule has 1 aromatic rings. The van der Waals surface area contributed by atoms with E-state index in [4.69, 9.17) is 4.74 Å². The molecule has 18 heavy (non-hydrogen) atoms. The number of aromatic nitrogens is 2. The summed E-state index contributed by atoms with van der Waals surface area (Å²) in [4.78, 5) is 16.0. The summed E-state index contributed by atoms with van der Waals surface area (Å²) in [6.45, 7) is 6.49. The molecule has 0 bridgehead atoms. The minimum absolute atomic E-state index is 0.116. The number of amides is 1. The lowest BCUT2D eigenvalue weighted by Gasteiger charge is -2.26. The quantitative estimate of drug-likeness (QED) is 0.780. The molecule has 1 atom stereocenters. The number of carbonyl (C=O) groups excluding carboxylic acids is 1.